The number of carbonyl (C=O) groups is 4. The van der Waals surface area contributed by atoms with E-state index < -0.39 is 18.2 Å². The van der Waals surface area contributed by atoms with Crippen molar-refractivity contribution in [3.05, 3.63) is 29.8 Å². The van der Waals surface area contributed by atoms with Crippen LogP contribution >= 0.6 is 0 Å². The van der Waals surface area contributed by atoms with Crippen molar-refractivity contribution in [3.63, 3.8) is 0 Å². The van der Waals surface area contributed by atoms with E-state index in [2.05, 4.69) is 6.92 Å². The molecule has 0 saturated carbocycles. The molecule has 1 aromatic carbocycles. The molecule has 0 bridgehead atoms. The Labute approximate surface area is 182 Å². The Morgan fingerprint density at radius 3 is 2.68 bits per heavy atom. The molecule has 0 unspecified atom stereocenters. The van der Waals surface area contributed by atoms with Gasteiger partial charge >= 0.3 is 5.97 Å². The zero-order valence-electron chi connectivity index (χ0n) is 18.3. The van der Waals surface area contributed by atoms with Crippen LogP contribution < -0.4 is 4.90 Å². The number of rotatable bonds is 4. The van der Waals surface area contributed by atoms with Gasteiger partial charge in [0.15, 0.2) is 6.61 Å². The van der Waals surface area contributed by atoms with Crippen LogP contribution in [0.4, 0.5) is 5.69 Å². The van der Waals surface area contributed by atoms with Crippen molar-refractivity contribution in [1.82, 2.24) is 9.80 Å². The van der Waals surface area contributed by atoms with Crippen molar-refractivity contribution in [2.24, 2.45) is 5.92 Å². The van der Waals surface area contributed by atoms with Gasteiger partial charge < -0.3 is 14.5 Å². The third kappa shape index (κ3) is 3.38. The van der Waals surface area contributed by atoms with Gasteiger partial charge in [-0.2, -0.15) is 0 Å². The van der Waals surface area contributed by atoms with E-state index in [1.165, 1.54) is 9.80 Å². The zero-order valence-corrected chi connectivity index (χ0v) is 18.3. The molecular weight excluding hydrogens is 398 g/mol. The summed E-state index contributed by atoms with van der Waals surface area (Å²) in [6, 6.07) is 6.46. The minimum Gasteiger partial charge on any atom is -0.452 e. The average molecular weight is 428 g/mol. The van der Waals surface area contributed by atoms with Crippen LogP contribution in [0.1, 0.15) is 56.8 Å². The Morgan fingerprint density at radius 1 is 1.23 bits per heavy atom. The highest BCUT2D eigenvalue weighted by Gasteiger charge is 2.62. The van der Waals surface area contributed by atoms with Crippen LogP contribution in [0.25, 0.3) is 0 Å². The monoisotopic (exact) mass is 427 g/mol. The van der Waals surface area contributed by atoms with Crippen molar-refractivity contribution < 1.29 is 23.9 Å². The molecule has 2 fully saturated rings. The van der Waals surface area contributed by atoms with Crippen LogP contribution in [0.3, 0.4) is 0 Å². The van der Waals surface area contributed by atoms with Crippen LogP contribution in [0.15, 0.2) is 24.3 Å². The van der Waals surface area contributed by atoms with Gasteiger partial charge in [0.25, 0.3) is 11.8 Å². The SMILES string of the molecule is CC(C)N1C(=O)c2ccccc2N2C(=O)CC[C@@]21C(=O)OCC(=O)N1CCC[C@@H](C)C1. The maximum Gasteiger partial charge on any atom is 0.354 e. The first-order valence-corrected chi connectivity index (χ1v) is 11.0. The Hall–Kier alpha value is -2.90. The highest BCUT2D eigenvalue weighted by atomic mass is 16.5. The molecule has 3 heterocycles. The molecule has 0 spiro atoms. The van der Waals surface area contributed by atoms with Crippen molar-refractivity contribution in [2.45, 2.75) is 58.2 Å². The molecule has 2 atom stereocenters. The number of esters is 1. The van der Waals surface area contributed by atoms with Gasteiger partial charge in [-0.15, -0.1) is 0 Å². The fourth-order valence-electron chi connectivity index (χ4n) is 5.12. The van der Waals surface area contributed by atoms with Gasteiger partial charge in [-0.25, -0.2) is 4.79 Å². The largest absolute Gasteiger partial charge is 0.452 e. The number of fused-ring (bicyclic) bond motifs is 3. The van der Waals surface area contributed by atoms with Gasteiger partial charge in [0.05, 0.1) is 11.3 Å². The molecule has 8 heteroatoms. The molecule has 2 saturated heterocycles. The van der Waals surface area contributed by atoms with Gasteiger partial charge in [0, 0.05) is 32.0 Å². The molecular formula is C23H29N3O5. The predicted octanol–water partition coefficient (Wildman–Crippen LogP) is 2.18. The van der Waals surface area contributed by atoms with E-state index >= 15 is 0 Å². The summed E-state index contributed by atoms with van der Waals surface area (Å²) in [6.45, 7) is 6.62. The maximum atomic E-state index is 13.5. The number of anilines is 1. The van der Waals surface area contributed by atoms with Gasteiger partial charge in [-0.1, -0.05) is 19.1 Å². The number of benzene rings is 1. The second-order valence-electron chi connectivity index (χ2n) is 9.00. The van der Waals surface area contributed by atoms with Crippen LogP contribution in [0.5, 0.6) is 0 Å². The summed E-state index contributed by atoms with van der Waals surface area (Å²) in [7, 11) is 0. The number of nitrogens with zero attached hydrogens (tertiary/aromatic N) is 3. The number of piperidine rings is 1. The molecule has 4 rings (SSSR count). The van der Waals surface area contributed by atoms with Crippen molar-refractivity contribution in [2.75, 3.05) is 24.6 Å². The normalized spacial score (nSPS) is 25.5. The number of hydrogen-bond donors (Lipinski definition) is 0. The Kier molecular flexibility index (Phi) is 5.49. The summed E-state index contributed by atoms with van der Waals surface area (Å²) in [5.74, 6) is -1.11. The van der Waals surface area contributed by atoms with E-state index in [-0.39, 0.29) is 36.6 Å². The van der Waals surface area contributed by atoms with Gasteiger partial charge in [0.1, 0.15) is 0 Å². The summed E-state index contributed by atoms with van der Waals surface area (Å²) >= 11 is 0. The van der Waals surface area contributed by atoms with E-state index in [0.29, 0.717) is 30.3 Å². The van der Waals surface area contributed by atoms with E-state index in [0.717, 1.165) is 12.8 Å². The van der Waals surface area contributed by atoms with Crippen molar-refractivity contribution >= 4 is 29.4 Å². The first-order chi connectivity index (χ1) is 14.8. The number of amides is 3. The lowest BCUT2D eigenvalue weighted by molar-refractivity contribution is -0.163. The number of ether oxygens (including phenoxy) is 1. The standard InChI is InChI=1S/C23H29N3O5/c1-15(2)25-21(29)17-8-4-5-9-18(17)26-19(27)10-11-23(25,26)22(30)31-14-20(28)24-12-6-7-16(3)13-24/h4-5,8-9,15-16H,6-7,10-14H2,1-3H3/t16-,23+/m1/s1. The van der Waals surface area contributed by atoms with Crippen LogP contribution in [0.2, 0.25) is 0 Å². The Morgan fingerprint density at radius 2 is 1.97 bits per heavy atom. The lowest BCUT2D eigenvalue weighted by atomic mass is 9.95. The molecule has 8 nitrogen and oxygen atoms in total. The molecule has 1 aromatic rings. The molecule has 31 heavy (non-hydrogen) atoms. The quantitative estimate of drug-likeness (QED) is 0.688. The molecule has 0 radical (unpaired) electrons. The summed E-state index contributed by atoms with van der Waals surface area (Å²) in [5, 5.41) is 0. The topological polar surface area (TPSA) is 87.2 Å². The second-order valence-corrected chi connectivity index (χ2v) is 9.00. The fourth-order valence-corrected chi connectivity index (χ4v) is 5.12. The number of likely N-dealkylation sites (tertiary alicyclic amines) is 1. The van der Waals surface area contributed by atoms with Gasteiger partial charge in [-0.05, 0) is 44.7 Å². The smallest absolute Gasteiger partial charge is 0.354 e. The lowest BCUT2D eigenvalue weighted by Crippen LogP contribution is -2.70. The van der Waals surface area contributed by atoms with Gasteiger partial charge in [-0.3, -0.25) is 19.3 Å². The van der Waals surface area contributed by atoms with Crippen molar-refractivity contribution in [3.8, 4) is 0 Å². The van der Waals surface area contributed by atoms with Crippen LogP contribution in [-0.2, 0) is 19.1 Å². The Balaban J connectivity index is 1.64. The zero-order chi connectivity index (χ0) is 22.3. The maximum absolute atomic E-state index is 13.5. The van der Waals surface area contributed by atoms with E-state index in [1.807, 2.05) is 13.8 Å². The molecule has 3 amide bonds. The lowest BCUT2D eigenvalue weighted by Gasteiger charge is -2.50. The highest BCUT2D eigenvalue weighted by Crippen LogP contribution is 2.45. The summed E-state index contributed by atoms with van der Waals surface area (Å²) in [5.41, 5.74) is -0.764. The van der Waals surface area contributed by atoms with E-state index in [1.54, 1.807) is 29.2 Å². The van der Waals surface area contributed by atoms with Crippen molar-refractivity contribution in [1.29, 1.82) is 0 Å². The second kappa shape index (κ2) is 7.98. The third-order valence-corrected chi connectivity index (χ3v) is 6.48. The minimum atomic E-state index is -1.56. The number of carbonyl (C=O) groups excluding carboxylic acids is 4. The average Bonchev–Trinajstić information content (AvgIpc) is 3.09. The van der Waals surface area contributed by atoms with Crippen LogP contribution in [0, 0.1) is 5.92 Å². The first kappa shape index (κ1) is 21.3. The first-order valence-electron chi connectivity index (χ1n) is 11.0. The van der Waals surface area contributed by atoms with Gasteiger partial charge in [0.2, 0.25) is 11.6 Å². The minimum absolute atomic E-state index is 0.123. The Bertz CT molecular complexity index is 930. The molecule has 3 aliphatic rings. The summed E-state index contributed by atoms with van der Waals surface area (Å²) < 4.78 is 5.51. The number of para-hydroxylation sites is 1. The van der Waals surface area contributed by atoms with E-state index in [4.69, 9.17) is 4.74 Å². The fraction of sp³-hybridized carbons (Fsp3) is 0.565. The molecule has 0 aliphatic carbocycles. The predicted molar refractivity (Wildman–Crippen MR) is 113 cm³/mol. The highest BCUT2D eigenvalue weighted by molar-refractivity contribution is 6.15. The third-order valence-electron chi connectivity index (χ3n) is 6.48. The molecule has 0 aromatic heterocycles. The summed E-state index contributed by atoms with van der Waals surface area (Å²) in [6.07, 6.45) is 2.27. The summed E-state index contributed by atoms with van der Waals surface area (Å²) in [4.78, 5) is 56.9. The molecule has 166 valence electrons. The molecule has 3 aliphatic heterocycles. The number of hydrogen-bond acceptors (Lipinski definition) is 5. The van der Waals surface area contributed by atoms with Crippen LogP contribution in [-0.4, -0.2) is 64.9 Å². The van der Waals surface area contributed by atoms with E-state index in [9.17, 15) is 19.2 Å². The molecule has 0 N–H and O–H groups in total.